The maximum atomic E-state index is 13.2. The number of hydrogen-bond donors (Lipinski definition) is 1. The molecular formula is C17H15Cl2F3N2O4S. The van der Waals surface area contributed by atoms with Gasteiger partial charge in [0.15, 0.2) is 0 Å². The first-order valence-electron chi connectivity index (χ1n) is 7.81. The van der Waals surface area contributed by atoms with Crippen molar-refractivity contribution in [3.63, 3.8) is 0 Å². The first kappa shape index (κ1) is 23.1. The van der Waals surface area contributed by atoms with Gasteiger partial charge >= 0.3 is 6.18 Å². The molecule has 1 amide bonds. The number of benzene rings is 2. The lowest BCUT2D eigenvalue weighted by molar-refractivity contribution is -0.137. The SMILES string of the molecule is COc1ccc(Cl)cc1N(CC(=O)Nc1ccc(Cl)cc1C(F)(F)F)S(C)(=O)=O. The van der Waals surface area contributed by atoms with Gasteiger partial charge < -0.3 is 10.1 Å². The normalized spacial score (nSPS) is 11.8. The fourth-order valence-electron chi connectivity index (χ4n) is 2.42. The molecule has 0 saturated carbocycles. The average Bonchev–Trinajstić information content (AvgIpc) is 2.59. The lowest BCUT2D eigenvalue weighted by Gasteiger charge is -2.24. The number of sulfonamides is 1. The quantitative estimate of drug-likeness (QED) is 0.677. The zero-order chi connectivity index (χ0) is 22.0. The molecule has 0 fully saturated rings. The Bertz CT molecular complexity index is 1030. The van der Waals surface area contributed by atoms with Crippen LogP contribution >= 0.6 is 23.2 Å². The number of hydrogen-bond acceptors (Lipinski definition) is 4. The lowest BCUT2D eigenvalue weighted by Crippen LogP contribution is -2.38. The molecule has 0 bridgehead atoms. The van der Waals surface area contributed by atoms with Crippen molar-refractivity contribution in [1.82, 2.24) is 0 Å². The molecule has 0 aromatic heterocycles. The molecule has 0 aliphatic heterocycles. The van der Waals surface area contributed by atoms with Gasteiger partial charge in [-0.2, -0.15) is 13.2 Å². The van der Waals surface area contributed by atoms with Gasteiger partial charge in [-0.3, -0.25) is 9.10 Å². The van der Waals surface area contributed by atoms with Gasteiger partial charge in [0.2, 0.25) is 15.9 Å². The zero-order valence-corrected chi connectivity index (χ0v) is 17.4. The summed E-state index contributed by atoms with van der Waals surface area (Å²) in [6.45, 7) is -0.810. The number of carbonyl (C=O) groups excluding carboxylic acids is 1. The van der Waals surface area contributed by atoms with Gasteiger partial charge in [-0.25, -0.2) is 8.42 Å². The van der Waals surface area contributed by atoms with Crippen LogP contribution in [0.15, 0.2) is 36.4 Å². The number of ether oxygens (including phenoxy) is 1. The Morgan fingerprint density at radius 3 is 2.28 bits per heavy atom. The minimum atomic E-state index is -4.78. The van der Waals surface area contributed by atoms with Crippen LogP contribution in [0, 0.1) is 0 Å². The molecule has 2 rings (SSSR count). The van der Waals surface area contributed by atoms with Crippen LogP contribution in [0.25, 0.3) is 0 Å². The number of rotatable bonds is 6. The van der Waals surface area contributed by atoms with E-state index < -0.39 is 39.9 Å². The second-order valence-corrected chi connectivity index (χ2v) is 8.60. The summed E-state index contributed by atoms with van der Waals surface area (Å²) in [6, 6.07) is 6.92. The van der Waals surface area contributed by atoms with Gasteiger partial charge in [0.05, 0.1) is 30.3 Å². The van der Waals surface area contributed by atoms with Crippen molar-refractivity contribution < 1.29 is 31.1 Å². The Morgan fingerprint density at radius 2 is 1.72 bits per heavy atom. The van der Waals surface area contributed by atoms with E-state index in [9.17, 15) is 26.4 Å². The van der Waals surface area contributed by atoms with E-state index in [-0.39, 0.29) is 21.5 Å². The summed E-state index contributed by atoms with van der Waals surface area (Å²) in [7, 11) is -2.72. The molecule has 0 saturated heterocycles. The highest BCUT2D eigenvalue weighted by atomic mass is 35.5. The molecule has 0 atom stereocenters. The van der Waals surface area contributed by atoms with Crippen molar-refractivity contribution in [2.45, 2.75) is 6.18 Å². The first-order valence-corrected chi connectivity index (χ1v) is 10.4. The van der Waals surface area contributed by atoms with Crippen molar-refractivity contribution in [1.29, 1.82) is 0 Å². The Balaban J connectivity index is 2.38. The molecule has 1 N–H and O–H groups in total. The molecule has 0 aliphatic carbocycles. The van der Waals surface area contributed by atoms with Crippen molar-refractivity contribution in [3.05, 3.63) is 52.0 Å². The Morgan fingerprint density at radius 1 is 1.14 bits per heavy atom. The predicted octanol–water partition coefficient (Wildman–Crippen LogP) is 4.43. The van der Waals surface area contributed by atoms with E-state index in [1.54, 1.807) is 0 Å². The van der Waals surface area contributed by atoms with Crippen molar-refractivity contribution in [2.75, 3.05) is 29.5 Å². The smallest absolute Gasteiger partial charge is 0.418 e. The number of alkyl halides is 3. The van der Waals surface area contributed by atoms with E-state index in [1.807, 2.05) is 0 Å². The van der Waals surface area contributed by atoms with Crippen molar-refractivity contribution >= 4 is 50.5 Å². The molecule has 6 nitrogen and oxygen atoms in total. The Hall–Kier alpha value is -2.17. The number of nitrogens with zero attached hydrogens (tertiary/aromatic N) is 1. The maximum absolute atomic E-state index is 13.2. The topological polar surface area (TPSA) is 75.7 Å². The van der Waals surface area contributed by atoms with Gasteiger partial charge in [0.25, 0.3) is 0 Å². The van der Waals surface area contributed by atoms with Crippen LogP contribution in [0.5, 0.6) is 5.75 Å². The van der Waals surface area contributed by atoms with Crippen LogP contribution in [-0.2, 0) is 21.0 Å². The van der Waals surface area contributed by atoms with E-state index in [2.05, 4.69) is 5.32 Å². The molecule has 2 aromatic rings. The predicted molar refractivity (Wildman–Crippen MR) is 105 cm³/mol. The van der Waals surface area contributed by atoms with Gasteiger partial charge in [-0.1, -0.05) is 23.2 Å². The Kier molecular flexibility index (Phi) is 6.92. The van der Waals surface area contributed by atoms with E-state index in [1.165, 1.54) is 31.4 Å². The van der Waals surface area contributed by atoms with E-state index in [4.69, 9.17) is 27.9 Å². The summed E-state index contributed by atoms with van der Waals surface area (Å²) in [5, 5.41) is 2.07. The third-order valence-electron chi connectivity index (χ3n) is 3.66. The first-order chi connectivity index (χ1) is 13.3. The number of anilines is 2. The number of carbonyl (C=O) groups is 1. The lowest BCUT2D eigenvalue weighted by atomic mass is 10.1. The second-order valence-electron chi connectivity index (χ2n) is 5.82. The number of methoxy groups -OCH3 is 1. The molecule has 0 radical (unpaired) electrons. The molecular weight excluding hydrogens is 456 g/mol. The molecule has 158 valence electrons. The van der Waals surface area contributed by atoms with Gasteiger partial charge in [-0.05, 0) is 36.4 Å². The van der Waals surface area contributed by atoms with E-state index in [0.29, 0.717) is 10.4 Å². The monoisotopic (exact) mass is 470 g/mol. The second kappa shape index (κ2) is 8.68. The number of amides is 1. The molecule has 0 spiro atoms. The fraction of sp³-hybridized carbons (Fsp3) is 0.235. The summed E-state index contributed by atoms with van der Waals surface area (Å²) in [4.78, 5) is 12.4. The van der Waals surface area contributed by atoms with Gasteiger partial charge in [-0.15, -0.1) is 0 Å². The fourth-order valence-corrected chi connectivity index (χ4v) is 3.61. The van der Waals surface area contributed by atoms with E-state index >= 15 is 0 Å². The van der Waals surface area contributed by atoms with Crippen molar-refractivity contribution in [3.8, 4) is 5.75 Å². The van der Waals surface area contributed by atoms with Gasteiger partial charge in [0.1, 0.15) is 12.3 Å². The Labute approximate surface area is 175 Å². The summed E-state index contributed by atoms with van der Waals surface area (Å²) >= 11 is 11.5. The van der Waals surface area contributed by atoms with Crippen LogP contribution in [0.1, 0.15) is 5.56 Å². The minimum absolute atomic E-state index is 0.0372. The molecule has 0 heterocycles. The summed E-state index contributed by atoms with van der Waals surface area (Å²) in [5.41, 5.74) is -1.76. The zero-order valence-electron chi connectivity index (χ0n) is 15.0. The average molecular weight is 471 g/mol. The molecule has 0 aliphatic rings. The third kappa shape index (κ3) is 5.91. The highest BCUT2D eigenvalue weighted by molar-refractivity contribution is 7.92. The highest BCUT2D eigenvalue weighted by Gasteiger charge is 2.34. The van der Waals surface area contributed by atoms with Gasteiger partial charge in [0, 0.05) is 10.0 Å². The summed E-state index contributed by atoms with van der Waals surface area (Å²) in [6.07, 6.45) is -3.94. The van der Waals surface area contributed by atoms with Crippen LogP contribution in [0.3, 0.4) is 0 Å². The number of halogens is 5. The van der Waals surface area contributed by atoms with Crippen LogP contribution in [0.4, 0.5) is 24.5 Å². The molecule has 12 heteroatoms. The van der Waals surface area contributed by atoms with E-state index in [0.717, 1.165) is 12.3 Å². The summed E-state index contributed by atoms with van der Waals surface area (Å²) < 4.78 is 69.8. The standard InChI is InChI=1S/C17H15Cl2F3N2O4S/c1-28-15-6-4-11(19)8-14(15)24(29(2,26)27)9-16(25)23-13-5-3-10(18)7-12(13)17(20,21)22/h3-8H,9H2,1-2H3,(H,23,25). The minimum Gasteiger partial charge on any atom is -0.495 e. The maximum Gasteiger partial charge on any atom is 0.418 e. The highest BCUT2D eigenvalue weighted by Crippen LogP contribution is 2.37. The molecule has 0 unspecified atom stereocenters. The largest absolute Gasteiger partial charge is 0.495 e. The molecule has 2 aromatic carbocycles. The number of nitrogens with one attached hydrogen (secondary N) is 1. The van der Waals surface area contributed by atoms with Crippen LogP contribution < -0.4 is 14.4 Å². The molecule has 29 heavy (non-hydrogen) atoms. The van der Waals surface area contributed by atoms with Crippen molar-refractivity contribution in [2.24, 2.45) is 0 Å². The van der Waals surface area contributed by atoms with Crippen LogP contribution in [0.2, 0.25) is 10.0 Å². The van der Waals surface area contributed by atoms with Crippen LogP contribution in [-0.4, -0.2) is 34.2 Å². The third-order valence-corrected chi connectivity index (χ3v) is 5.25. The summed E-state index contributed by atoms with van der Waals surface area (Å²) in [5.74, 6) is -0.902.